The van der Waals surface area contributed by atoms with Crippen LogP contribution in [0.4, 0.5) is 0 Å². The van der Waals surface area contributed by atoms with Crippen LogP contribution in [0, 0.1) is 0 Å². The molecule has 0 radical (unpaired) electrons. The van der Waals surface area contributed by atoms with Gasteiger partial charge in [0.05, 0.1) is 6.10 Å². The molecule has 3 rings (SSSR count). The zero-order chi connectivity index (χ0) is 14.5. The number of hydrogen-bond donors (Lipinski definition) is 1. The third-order valence-corrected chi connectivity index (χ3v) is 5.06. The molecule has 1 aliphatic heterocycles. The maximum absolute atomic E-state index is 5.59. The molecular weight excluding hydrogens is 260 g/mol. The Morgan fingerprint density at radius 1 is 1.24 bits per heavy atom. The minimum atomic E-state index is 0.478. The number of methoxy groups -OCH3 is 1. The van der Waals surface area contributed by atoms with E-state index < -0.39 is 0 Å². The molecule has 1 saturated heterocycles. The van der Waals surface area contributed by atoms with Crippen molar-refractivity contribution < 1.29 is 4.74 Å². The number of hydrogen-bond acceptors (Lipinski definition) is 3. The van der Waals surface area contributed by atoms with Crippen molar-refractivity contribution in [3.63, 3.8) is 0 Å². The first-order chi connectivity index (χ1) is 10.3. The fourth-order valence-electron chi connectivity index (χ4n) is 3.88. The van der Waals surface area contributed by atoms with E-state index in [2.05, 4.69) is 40.5 Å². The Bertz CT molecular complexity index is 422. The maximum Gasteiger partial charge on any atom is 0.0586 e. The largest absolute Gasteiger partial charge is 0.381 e. The van der Waals surface area contributed by atoms with E-state index in [9.17, 15) is 0 Å². The summed E-state index contributed by atoms with van der Waals surface area (Å²) in [6.45, 7) is 3.48. The molecule has 116 valence electrons. The minimum Gasteiger partial charge on any atom is -0.381 e. The SMILES string of the molecule is COC1CCCC(N2CCNC(Cc3ccccc3)C2)C1. The Morgan fingerprint density at radius 2 is 2.10 bits per heavy atom. The van der Waals surface area contributed by atoms with Crippen LogP contribution < -0.4 is 5.32 Å². The first-order valence-electron chi connectivity index (χ1n) is 8.39. The van der Waals surface area contributed by atoms with Gasteiger partial charge >= 0.3 is 0 Å². The highest BCUT2D eigenvalue weighted by molar-refractivity contribution is 5.16. The predicted octanol–water partition coefficient (Wildman–Crippen LogP) is 2.46. The standard InChI is InChI=1S/C18H28N2O/c1-21-18-9-5-8-17(13-18)20-11-10-19-16(14-20)12-15-6-3-2-4-7-15/h2-4,6-7,16-19H,5,8-14H2,1H3. The van der Waals surface area contributed by atoms with E-state index in [1.54, 1.807) is 0 Å². The smallest absolute Gasteiger partial charge is 0.0586 e. The van der Waals surface area contributed by atoms with Crippen molar-refractivity contribution in [3.05, 3.63) is 35.9 Å². The van der Waals surface area contributed by atoms with Crippen molar-refractivity contribution in [1.82, 2.24) is 10.2 Å². The fraction of sp³-hybridized carbons (Fsp3) is 0.667. The van der Waals surface area contributed by atoms with Crippen LogP contribution in [0.15, 0.2) is 30.3 Å². The van der Waals surface area contributed by atoms with Gasteiger partial charge in [0.1, 0.15) is 0 Å². The van der Waals surface area contributed by atoms with Gasteiger partial charge in [-0.25, -0.2) is 0 Å². The summed E-state index contributed by atoms with van der Waals surface area (Å²) in [6, 6.07) is 12.2. The van der Waals surface area contributed by atoms with E-state index >= 15 is 0 Å². The van der Waals surface area contributed by atoms with Crippen LogP contribution in [-0.2, 0) is 11.2 Å². The third-order valence-electron chi connectivity index (χ3n) is 5.06. The second-order valence-electron chi connectivity index (χ2n) is 6.51. The van der Waals surface area contributed by atoms with Crippen molar-refractivity contribution in [1.29, 1.82) is 0 Å². The average Bonchev–Trinajstić information content (AvgIpc) is 2.56. The van der Waals surface area contributed by atoms with Crippen LogP contribution in [0.5, 0.6) is 0 Å². The number of benzene rings is 1. The predicted molar refractivity (Wildman–Crippen MR) is 86.6 cm³/mol. The number of piperazine rings is 1. The molecule has 3 nitrogen and oxygen atoms in total. The Morgan fingerprint density at radius 3 is 2.90 bits per heavy atom. The van der Waals surface area contributed by atoms with E-state index in [4.69, 9.17) is 4.74 Å². The van der Waals surface area contributed by atoms with Crippen molar-refractivity contribution >= 4 is 0 Å². The van der Waals surface area contributed by atoms with Crippen molar-refractivity contribution in [2.75, 3.05) is 26.7 Å². The number of nitrogens with one attached hydrogen (secondary N) is 1. The van der Waals surface area contributed by atoms with Gasteiger partial charge in [0.25, 0.3) is 0 Å². The lowest BCUT2D eigenvalue weighted by atomic mass is 9.90. The van der Waals surface area contributed by atoms with Crippen molar-refractivity contribution in [3.8, 4) is 0 Å². The summed E-state index contributed by atoms with van der Waals surface area (Å²) in [4.78, 5) is 2.70. The second-order valence-corrected chi connectivity index (χ2v) is 6.51. The summed E-state index contributed by atoms with van der Waals surface area (Å²) < 4.78 is 5.59. The molecule has 0 spiro atoms. The lowest BCUT2D eigenvalue weighted by Crippen LogP contribution is -2.55. The molecule has 21 heavy (non-hydrogen) atoms. The highest BCUT2D eigenvalue weighted by Crippen LogP contribution is 2.25. The Kier molecular flexibility index (Phi) is 5.28. The van der Waals surface area contributed by atoms with Crippen LogP contribution >= 0.6 is 0 Å². The van der Waals surface area contributed by atoms with Crippen LogP contribution in [0.1, 0.15) is 31.2 Å². The summed E-state index contributed by atoms with van der Waals surface area (Å²) in [6.07, 6.45) is 6.74. The molecule has 1 heterocycles. The Hall–Kier alpha value is -0.900. The monoisotopic (exact) mass is 288 g/mol. The zero-order valence-electron chi connectivity index (χ0n) is 13.1. The Labute approximate surface area is 128 Å². The van der Waals surface area contributed by atoms with E-state index in [0.717, 1.165) is 19.0 Å². The third kappa shape index (κ3) is 4.06. The van der Waals surface area contributed by atoms with E-state index in [1.807, 2.05) is 7.11 Å². The number of nitrogens with zero attached hydrogens (tertiary/aromatic N) is 1. The van der Waals surface area contributed by atoms with Crippen molar-refractivity contribution in [2.24, 2.45) is 0 Å². The molecule has 1 aromatic rings. The van der Waals surface area contributed by atoms with Gasteiger partial charge in [0, 0.05) is 38.8 Å². The molecule has 1 aromatic carbocycles. The minimum absolute atomic E-state index is 0.478. The average molecular weight is 288 g/mol. The molecule has 3 heteroatoms. The maximum atomic E-state index is 5.59. The van der Waals surface area contributed by atoms with Gasteiger partial charge in [0.15, 0.2) is 0 Å². The van der Waals surface area contributed by atoms with Crippen LogP contribution in [0.2, 0.25) is 0 Å². The summed E-state index contributed by atoms with van der Waals surface area (Å²) in [5.41, 5.74) is 1.44. The van der Waals surface area contributed by atoms with Gasteiger partial charge < -0.3 is 10.1 Å². The van der Waals surface area contributed by atoms with E-state index in [0.29, 0.717) is 12.1 Å². The van der Waals surface area contributed by atoms with Gasteiger partial charge in [-0.1, -0.05) is 30.3 Å². The highest BCUT2D eigenvalue weighted by atomic mass is 16.5. The van der Waals surface area contributed by atoms with Gasteiger partial charge in [-0.2, -0.15) is 0 Å². The molecule has 0 amide bonds. The molecule has 2 aliphatic rings. The summed E-state index contributed by atoms with van der Waals surface area (Å²) in [7, 11) is 1.86. The first kappa shape index (κ1) is 15.0. The number of ether oxygens (including phenoxy) is 1. The second kappa shape index (κ2) is 7.39. The molecular formula is C18H28N2O. The first-order valence-corrected chi connectivity index (χ1v) is 8.39. The lowest BCUT2D eigenvalue weighted by molar-refractivity contribution is 0.0196. The molecule has 1 saturated carbocycles. The van der Waals surface area contributed by atoms with Crippen LogP contribution in [0.3, 0.4) is 0 Å². The summed E-state index contributed by atoms with van der Waals surface area (Å²) in [5, 5.41) is 3.69. The topological polar surface area (TPSA) is 24.5 Å². The van der Waals surface area contributed by atoms with E-state index in [-0.39, 0.29) is 0 Å². The van der Waals surface area contributed by atoms with Gasteiger partial charge in [-0.05, 0) is 37.7 Å². The van der Waals surface area contributed by atoms with Crippen molar-refractivity contribution in [2.45, 2.75) is 50.3 Å². The summed E-state index contributed by atoms with van der Waals surface area (Å²) in [5.74, 6) is 0. The quantitative estimate of drug-likeness (QED) is 0.921. The van der Waals surface area contributed by atoms with Crippen LogP contribution in [0.25, 0.3) is 0 Å². The van der Waals surface area contributed by atoms with Gasteiger partial charge in [0.2, 0.25) is 0 Å². The molecule has 0 bridgehead atoms. The Balaban J connectivity index is 1.55. The van der Waals surface area contributed by atoms with Gasteiger partial charge in [-0.3, -0.25) is 4.90 Å². The number of rotatable bonds is 4. The lowest BCUT2D eigenvalue weighted by Gasteiger charge is -2.42. The molecule has 3 unspecified atom stereocenters. The molecule has 1 N–H and O–H groups in total. The summed E-state index contributed by atoms with van der Waals surface area (Å²) >= 11 is 0. The molecule has 1 aliphatic carbocycles. The fourth-order valence-corrected chi connectivity index (χ4v) is 3.88. The highest BCUT2D eigenvalue weighted by Gasteiger charge is 2.30. The van der Waals surface area contributed by atoms with Gasteiger partial charge in [-0.15, -0.1) is 0 Å². The van der Waals surface area contributed by atoms with E-state index in [1.165, 1.54) is 44.3 Å². The zero-order valence-corrected chi connectivity index (χ0v) is 13.1. The molecule has 2 fully saturated rings. The molecule has 0 aromatic heterocycles. The molecule has 3 atom stereocenters. The van der Waals surface area contributed by atoms with Crippen LogP contribution in [-0.4, -0.2) is 49.8 Å². The normalized spacial score (nSPS) is 31.2.